The van der Waals surface area contributed by atoms with Gasteiger partial charge in [0.05, 0.1) is 26.5 Å². The molecule has 0 radical (unpaired) electrons. The van der Waals surface area contributed by atoms with Crippen molar-refractivity contribution in [3.05, 3.63) is 308 Å². The summed E-state index contributed by atoms with van der Waals surface area (Å²) < 4.78 is 2.30. The Hall–Kier alpha value is -10.4. The monoisotopic (exact) mass is 1110 g/mol. The second kappa shape index (κ2) is 22.2. The zero-order valence-electron chi connectivity index (χ0n) is 45.7. The number of hydrogen-bond donors (Lipinski definition) is 0. The van der Waals surface area contributed by atoms with Crippen LogP contribution in [0.15, 0.2) is 297 Å². The lowest BCUT2D eigenvalue weighted by Gasteiger charge is -2.31. The summed E-state index contributed by atoms with van der Waals surface area (Å²) >= 11 is 3.46. The fourth-order valence-corrected chi connectivity index (χ4v) is 14.0. The number of fused-ring (bicyclic) bond motifs is 4. The SMILES string of the molecule is C1=c2c(-c3ccc(N(c4ccccc4)c4ccccc4)cc3)c3ccc(N(c4ccccc4)c4nc5ccccc5s4)cc3c(-c3ccc(N(c4ccccc4)c4ccccc4)cc3)c2=CCC1N(c1ccccc1)c1nc2ccccc2s1. The molecule has 0 N–H and O–H groups in total. The van der Waals surface area contributed by atoms with Gasteiger partial charge < -0.3 is 14.7 Å². The average Bonchev–Trinajstić information content (AvgIpc) is 2.32. The molecule has 400 valence electrons. The third-order valence-corrected chi connectivity index (χ3v) is 17.8. The number of para-hydroxylation sites is 8. The first kappa shape index (κ1) is 50.6. The molecule has 15 rings (SSSR count). The number of rotatable bonds is 14. The van der Waals surface area contributed by atoms with E-state index in [0.717, 1.165) is 110 Å². The molecule has 1 aliphatic carbocycles. The highest BCUT2D eigenvalue weighted by Gasteiger charge is 2.28. The van der Waals surface area contributed by atoms with E-state index in [-0.39, 0.29) is 6.04 Å². The zero-order chi connectivity index (χ0) is 55.8. The van der Waals surface area contributed by atoms with Gasteiger partial charge in [0.15, 0.2) is 10.3 Å². The quantitative estimate of drug-likeness (QED) is 0.108. The van der Waals surface area contributed by atoms with Crippen LogP contribution in [-0.2, 0) is 0 Å². The van der Waals surface area contributed by atoms with Gasteiger partial charge in [-0.25, -0.2) is 9.97 Å². The predicted octanol–water partition coefficient (Wildman–Crippen LogP) is 20.0. The van der Waals surface area contributed by atoms with Gasteiger partial charge in [-0.05, 0) is 183 Å². The third-order valence-electron chi connectivity index (χ3n) is 15.8. The van der Waals surface area contributed by atoms with Gasteiger partial charge in [-0.15, -0.1) is 0 Å². The van der Waals surface area contributed by atoms with E-state index in [1.165, 1.54) is 21.6 Å². The number of hydrogen-bond acceptors (Lipinski definition) is 8. The standard InChI is InChI=1S/C76H54N6S2/c1-7-23-55(24-8-1)79(56-25-9-2-10-26-56)61-43-39-53(40-44-61)73-65-49-47-64(82(60-33-17-6-18-34-60)76-78-70-36-20-22-38-72(70)84-76)52-68(65)74(54-41-45-62(46-42-54)80(57-27-11-3-12-28-57)58-29-13-4-14-30-58)66-50-48-63(51-67(66)73)81(59-31-15-5-16-32-59)75-77-69-35-19-21-37-71(69)83-75/h1-47,49-52,63H,48H2. The van der Waals surface area contributed by atoms with Crippen molar-refractivity contribution >= 4 is 127 Å². The van der Waals surface area contributed by atoms with Gasteiger partial charge in [-0.1, -0.05) is 199 Å². The molecule has 1 aliphatic rings. The average molecular weight is 1120 g/mol. The normalized spacial score (nSPS) is 12.8. The number of aromatic nitrogens is 2. The second-order valence-corrected chi connectivity index (χ2v) is 22.9. The molecule has 0 fully saturated rings. The third kappa shape index (κ3) is 9.53. The van der Waals surface area contributed by atoms with Crippen molar-refractivity contribution in [2.75, 3.05) is 19.6 Å². The summed E-state index contributed by atoms with van der Waals surface area (Å²) in [6, 6.07) is 106. The lowest BCUT2D eigenvalue weighted by molar-refractivity contribution is 0.835. The van der Waals surface area contributed by atoms with E-state index in [4.69, 9.17) is 9.97 Å². The predicted molar refractivity (Wildman–Crippen MR) is 357 cm³/mol. The Morgan fingerprint density at radius 2 is 0.679 bits per heavy atom. The summed E-state index contributed by atoms with van der Waals surface area (Å²) in [5.41, 5.74) is 16.3. The van der Waals surface area contributed by atoms with E-state index < -0.39 is 0 Å². The summed E-state index contributed by atoms with van der Waals surface area (Å²) in [6.45, 7) is 0. The summed E-state index contributed by atoms with van der Waals surface area (Å²) in [6.07, 6.45) is 5.78. The molecule has 2 aromatic heterocycles. The minimum atomic E-state index is -0.0741. The maximum Gasteiger partial charge on any atom is 0.195 e. The van der Waals surface area contributed by atoms with Crippen LogP contribution in [0.1, 0.15) is 6.42 Å². The topological polar surface area (TPSA) is 38.7 Å². The van der Waals surface area contributed by atoms with Crippen LogP contribution in [-0.4, -0.2) is 16.0 Å². The first-order valence-electron chi connectivity index (χ1n) is 28.4. The minimum absolute atomic E-state index is 0.0741. The molecule has 14 aromatic rings. The van der Waals surface area contributed by atoms with Crippen LogP contribution in [0.3, 0.4) is 0 Å². The summed E-state index contributed by atoms with van der Waals surface area (Å²) in [7, 11) is 0. The molecule has 2 heterocycles. The minimum Gasteiger partial charge on any atom is -0.311 e. The van der Waals surface area contributed by atoms with E-state index in [2.05, 4.69) is 329 Å². The van der Waals surface area contributed by atoms with Crippen LogP contribution in [0.2, 0.25) is 0 Å². The number of thiazole rings is 2. The second-order valence-electron chi connectivity index (χ2n) is 20.9. The van der Waals surface area contributed by atoms with Gasteiger partial charge >= 0.3 is 0 Å². The lowest BCUT2D eigenvalue weighted by Crippen LogP contribution is -2.40. The summed E-state index contributed by atoms with van der Waals surface area (Å²) in [5.74, 6) is 0. The van der Waals surface area contributed by atoms with Crippen LogP contribution < -0.4 is 30.0 Å². The maximum absolute atomic E-state index is 5.34. The fraction of sp³-hybridized carbons (Fsp3) is 0.0263. The largest absolute Gasteiger partial charge is 0.311 e. The van der Waals surface area contributed by atoms with Gasteiger partial charge in [0.1, 0.15) is 0 Å². The maximum atomic E-state index is 5.34. The Morgan fingerprint density at radius 3 is 1.14 bits per heavy atom. The zero-order valence-corrected chi connectivity index (χ0v) is 47.4. The molecule has 0 spiro atoms. The van der Waals surface area contributed by atoms with Crippen LogP contribution in [0, 0.1) is 0 Å². The molecule has 0 amide bonds. The number of benzene rings is 12. The van der Waals surface area contributed by atoms with Crippen LogP contribution >= 0.6 is 22.7 Å². The smallest absolute Gasteiger partial charge is 0.195 e. The van der Waals surface area contributed by atoms with Crippen LogP contribution in [0.4, 0.5) is 61.4 Å². The fourth-order valence-electron chi connectivity index (χ4n) is 12.0. The van der Waals surface area contributed by atoms with Crippen molar-refractivity contribution in [3.63, 3.8) is 0 Å². The molecular formula is C76H54N6S2. The summed E-state index contributed by atoms with van der Waals surface area (Å²) in [4.78, 5) is 20.1. The number of nitrogens with zero attached hydrogens (tertiary/aromatic N) is 6. The molecule has 1 atom stereocenters. The van der Waals surface area contributed by atoms with Crippen LogP contribution in [0.5, 0.6) is 0 Å². The van der Waals surface area contributed by atoms with E-state index in [9.17, 15) is 0 Å². The molecule has 84 heavy (non-hydrogen) atoms. The van der Waals surface area contributed by atoms with Gasteiger partial charge in [0, 0.05) is 51.2 Å². The Morgan fingerprint density at radius 1 is 0.310 bits per heavy atom. The molecule has 12 aromatic carbocycles. The van der Waals surface area contributed by atoms with E-state index in [1.54, 1.807) is 22.7 Å². The van der Waals surface area contributed by atoms with E-state index in [1.807, 2.05) is 0 Å². The Kier molecular flexibility index (Phi) is 13.3. The van der Waals surface area contributed by atoms with Gasteiger partial charge in [-0.3, -0.25) is 4.90 Å². The molecule has 8 heteroatoms. The molecule has 0 saturated heterocycles. The first-order chi connectivity index (χ1) is 41.7. The molecule has 0 saturated carbocycles. The Labute approximate surface area is 496 Å². The Balaban J connectivity index is 0.996. The molecule has 6 nitrogen and oxygen atoms in total. The van der Waals surface area contributed by atoms with Gasteiger partial charge in [-0.2, -0.15) is 0 Å². The van der Waals surface area contributed by atoms with Crippen LogP contribution in [0.25, 0.3) is 65.6 Å². The first-order valence-corrected chi connectivity index (χ1v) is 30.0. The van der Waals surface area contributed by atoms with E-state index in [0.29, 0.717) is 0 Å². The van der Waals surface area contributed by atoms with Crippen molar-refractivity contribution in [1.82, 2.24) is 9.97 Å². The highest BCUT2D eigenvalue weighted by Crippen LogP contribution is 2.45. The van der Waals surface area contributed by atoms with Crippen molar-refractivity contribution in [2.24, 2.45) is 0 Å². The molecule has 0 bridgehead atoms. The number of anilines is 11. The van der Waals surface area contributed by atoms with Crippen molar-refractivity contribution in [3.8, 4) is 22.3 Å². The molecule has 1 unspecified atom stereocenters. The Bertz CT molecular complexity index is 4610. The van der Waals surface area contributed by atoms with Gasteiger partial charge in [0.25, 0.3) is 0 Å². The summed E-state index contributed by atoms with van der Waals surface area (Å²) in [5, 5.41) is 6.55. The highest BCUT2D eigenvalue weighted by atomic mass is 32.1. The van der Waals surface area contributed by atoms with Gasteiger partial charge in [0.2, 0.25) is 0 Å². The molecule has 0 aliphatic heterocycles. The van der Waals surface area contributed by atoms with Crippen molar-refractivity contribution in [2.45, 2.75) is 12.5 Å². The highest BCUT2D eigenvalue weighted by molar-refractivity contribution is 7.22. The lowest BCUT2D eigenvalue weighted by atomic mass is 9.85. The molecular weight excluding hydrogens is 1060 g/mol. The van der Waals surface area contributed by atoms with Crippen molar-refractivity contribution in [1.29, 1.82) is 0 Å². The van der Waals surface area contributed by atoms with Crippen molar-refractivity contribution < 1.29 is 0 Å². The van der Waals surface area contributed by atoms with E-state index >= 15 is 0 Å².